The molecule has 0 unspecified atom stereocenters. The normalized spacial score (nSPS) is 12.0. The SMILES string of the molecule is CC(C)(C)OC(=O)N[C@@H](C(=O)Oc1ccc([N+](=O)[O-])cc1)c1ccccc1. The maximum atomic E-state index is 12.6. The van der Waals surface area contributed by atoms with Gasteiger partial charge in [0.1, 0.15) is 11.4 Å². The minimum absolute atomic E-state index is 0.123. The van der Waals surface area contributed by atoms with Gasteiger partial charge in [-0.1, -0.05) is 30.3 Å². The van der Waals surface area contributed by atoms with Gasteiger partial charge in [0, 0.05) is 12.1 Å². The highest BCUT2D eigenvalue weighted by atomic mass is 16.6. The number of nitrogens with zero attached hydrogens (tertiary/aromatic N) is 1. The molecule has 27 heavy (non-hydrogen) atoms. The highest BCUT2D eigenvalue weighted by Gasteiger charge is 2.27. The van der Waals surface area contributed by atoms with Crippen LogP contribution >= 0.6 is 0 Å². The average Bonchev–Trinajstić information content (AvgIpc) is 2.59. The van der Waals surface area contributed by atoms with Crippen LogP contribution in [0.2, 0.25) is 0 Å². The molecule has 2 aromatic carbocycles. The summed E-state index contributed by atoms with van der Waals surface area (Å²) >= 11 is 0. The van der Waals surface area contributed by atoms with Crippen molar-refractivity contribution in [2.75, 3.05) is 0 Å². The van der Waals surface area contributed by atoms with E-state index in [1.165, 1.54) is 24.3 Å². The Kier molecular flexibility index (Phi) is 6.12. The van der Waals surface area contributed by atoms with E-state index in [4.69, 9.17) is 9.47 Å². The first-order valence-electron chi connectivity index (χ1n) is 8.16. The lowest BCUT2D eigenvalue weighted by molar-refractivity contribution is -0.384. The Morgan fingerprint density at radius 1 is 1.04 bits per heavy atom. The fourth-order valence-corrected chi connectivity index (χ4v) is 2.16. The van der Waals surface area contributed by atoms with Crippen molar-refractivity contribution in [2.24, 2.45) is 0 Å². The Hall–Kier alpha value is -3.42. The summed E-state index contributed by atoms with van der Waals surface area (Å²) in [5.74, 6) is -0.626. The number of non-ortho nitro benzene ring substituents is 1. The monoisotopic (exact) mass is 372 g/mol. The second kappa shape index (κ2) is 8.31. The molecule has 2 rings (SSSR count). The minimum Gasteiger partial charge on any atom is -0.444 e. The number of carbonyl (C=O) groups excluding carboxylic acids is 2. The Morgan fingerprint density at radius 2 is 1.63 bits per heavy atom. The third-order valence-electron chi connectivity index (χ3n) is 3.30. The summed E-state index contributed by atoms with van der Waals surface area (Å²) in [6.45, 7) is 5.12. The molecule has 0 saturated heterocycles. The Morgan fingerprint density at radius 3 is 2.15 bits per heavy atom. The molecule has 1 amide bonds. The van der Waals surface area contributed by atoms with Gasteiger partial charge in [-0.25, -0.2) is 9.59 Å². The summed E-state index contributed by atoms with van der Waals surface area (Å²) in [7, 11) is 0. The first kappa shape index (κ1) is 19.9. The van der Waals surface area contributed by atoms with Crippen LogP contribution in [-0.2, 0) is 9.53 Å². The van der Waals surface area contributed by atoms with Gasteiger partial charge in [0.05, 0.1) is 4.92 Å². The largest absolute Gasteiger partial charge is 0.444 e. The predicted octanol–water partition coefficient (Wildman–Crippen LogP) is 3.77. The number of amides is 1. The average molecular weight is 372 g/mol. The number of nitrogens with one attached hydrogen (secondary N) is 1. The van der Waals surface area contributed by atoms with Crippen LogP contribution in [0.15, 0.2) is 54.6 Å². The lowest BCUT2D eigenvalue weighted by Gasteiger charge is -2.23. The highest BCUT2D eigenvalue weighted by molar-refractivity contribution is 5.84. The molecule has 0 aromatic heterocycles. The lowest BCUT2D eigenvalue weighted by atomic mass is 10.1. The third-order valence-corrected chi connectivity index (χ3v) is 3.30. The van der Waals surface area contributed by atoms with Gasteiger partial charge in [0.15, 0.2) is 6.04 Å². The van der Waals surface area contributed by atoms with Crippen molar-refractivity contribution in [3.05, 3.63) is 70.3 Å². The van der Waals surface area contributed by atoms with E-state index < -0.39 is 28.6 Å². The Labute approximate surface area is 156 Å². The molecule has 0 aliphatic carbocycles. The number of rotatable bonds is 5. The van der Waals surface area contributed by atoms with Crippen LogP contribution in [0, 0.1) is 10.1 Å². The van der Waals surface area contributed by atoms with Gasteiger partial charge in [0.25, 0.3) is 5.69 Å². The summed E-state index contributed by atoms with van der Waals surface area (Å²) in [4.78, 5) is 34.9. The fraction of sp³-hybridized carbons (Fsp3) is 0.263. The van der Waals surface area contributed by atoms with E-state index >= 15 is 0 Å². The van der Waals surface area contributed by atoms with E-state index in [0.717, 1.165) is 0 Å². The van der Waals surface area contributed by atoms with Crippen LogP contribution in [-0.4, -0.2) is 22.6 Å². The van der Waals surface area contributed by atoms with Crippen molar-refractivity contribution in [3.8, 4) is 5.75 Å². The molecular weight excluding hydrogens is 352 g/mol. The van der Waals surface area contributed by atoms with Crippen LogP contribution in [0.25, 0.3) is 0 Å². The van der Waals surface area contributed by atoms with Gasteiger partial charge in [-0.05, 0) is 38.5 Å². The van der Waals surface area contributed by atoms with Crippen molar-refractivity contribution < 1.29 is 24.0 Å². The summed E-state index contributed by atoms with van der Waals surface area (Å²) in [5.41, 5.74) is -0.343. The molecule has 0 fully saturated rings. The maximum Gasteiger partial charge on any atom is 0.408 e. The van der Waals surface area contributed by atoms with E-state index in [0.29, 0.717) is 5.56 Å². The number of carbonyl (C=O) groups is 2. The van der Waals surface area contributed by atoms with Crippen molar-refractivity contribution in [1.82, 2.24) is 5.32 Å². The standard InChI is InChI=1S/C19H20N2O6/c1-19(2,3)27-18(23)20-16(13-7-5-4-6-8-13)17(22)26-15-11-9-14(10-12-15)21(24)25/h4-12,16H,1-3H3,(H,20,23)/t16-/m1/s1. The quantitative estimate of drug-likeness (QED) is 0.370. The van der Waals surface area contributed by atoms with Gasteiger partial charge >= 0.3 is 12.1 Å². The molecular formula is C19H20N2O6. The number of nitro groups is 1. The molecule has 0 bridgehead atoms. The second-order valence-corrected chi connectivity index (χ2v) is 6.66. The summed E-state index contributed by atoms with van der Waals surface area (Å²) in [6, 6.07) is 12.5. The van der Waals surface area contributed by atoms with E-state index in [9.17, 15) is 19.7 Å². The summed E-state index contributed by atoms with van der Waals surface area (Å²) in [6.07, 6.45) is -0.767. The molecule has 1 atom stereocenters. The molecule has 8 nitrogen and oxygen atoms in total. The smallest absolute Gasteiger partial charge is 0.408 e. The van der Waals surface area contributed by atoms with Gasteiger partial charge in [-0.2, -0.15) is 0 Å². The zero-order valence-corrected chi connectivity index (χ0v) is 15.2. The zero-order valence-electron chi connectivity index (χ0n) is 15.2. The van der Waals surface area contributed by atoms with E-state index in [1.807, 2.05) is 0 Å². The van der Waals surface area contributed by atoms with E-state index in [2.05, 4.69) is 5.32 Å². The number of hydrogen-bond donors (Lipinski definition) is 1. The Balaban J connectivity index is 2.18. The van der Waals surface area contributed by atoms with Crippen LogP contribution in [0.3, 0.4) is 0 Å². The molecule has 142 valence electrons. The number of alkyl carbamates (subject to hydrolysis) is 1. The van der Waals surface area contributed by atoms with Crippen molar-refractivity contribution in [1.29, 1.82) is 0 Å². The van der Waals surface area contributed by atoms with Gasteiger partial charge in [-0.3, -0.25) is 10.1 Å². The number of esters is 1. The highest BCUT2D eigenvalue weighted by Crippen LogP contribution is 2.21. The number of ether oxygens (including phenoxy) is 2. The topological polar surface area (TPSA) is 108 Å². The molecule has 0 spiro atoms. The van der Waals surface area contributed by atoms with Crippen LogP contribution in [0.4, 0.5) is 10.5 Å². The van der Waals surface area contributed by atoms with Crippen LogP contribution in [0.5, 0.6) is 5.75 Å². The van der Waals surface area contributed by atoms with Gasteiger partial charge in [0.2, 0.25) is 0 Å². The molecule has 0 heterocycles. The molecule has 0 aliphatic rings. The molecule has 0 aliphatic heterocycles. The molecule has 8 heteroatoms. The maximum absolute atomic E-state index is 12.6. The van der Waals surface area contributed by atoms with Crippen molar-refractivity contribution in [2.45, 2.75) is 32.4 Å². The van der Waals surface area contributed by atoms with Gasteiger partial charge in [-0.15, -0.1) is 0 Å². The fourth-order valence-electron chi connectivity index (χ4n) is 2.16. The third kappa shape index (κ3) is 6.10. The molecule has 1 N–H and O–H groups in total. The Bertz CT molecular complexity index is 812. The zero-order chi connectivity index (χ0) is 20.0. The number of nitro benzene ring substituents is 1. The summed E-state index contributed by atoms with van der Waals surface area (Å²) in [5, 5.41) is 13.2. The molecule has 2 aromatic rings. The van der Waals surface area contributed by atoms with E-state index in [1.54, 1.807) is 51.1 Å². The number of hydrogen-bond acceptors (Lipinski definition) is 6. The van der Waals surface area contributed by atoms with E-state index in [-0.39, 0.29) is 11.4 Å². The van der Waals surface area contributed by atoms with Crippen LogP contribution in [0.1, 0.15) is 32.4 Å². The lowest BCUT2D eigenvalue weighted by Crippen LogP contribution is -2.39. The first-order valence-corrected chi connectivity index (χ1v) is 8.16. The second-order valence-electron chi connectivity index (χ2n) is 6.66. The first-order chi connectivity index (χ1) is 12.7. The predicted molar refractivity (Wildman–Crippen MR) is 97.3 cm³/mol. The van der Waals surface area contributed by atoms with Crippen molar-refractivity contribution in [3.63, 3.8) is 0 Å². The molecule has 0 saturated carbocycles. The van der Waals surface area contributed by atoms with Gasteiger partial charge < -0.3 is 14.8 Å². The number of benzene rings is 2. The van der Waals surface area contributed by atoms with Crippen LogP contribution < -0.4 is 10.1 Å². The minimum atomic E-state index is -1.10. The molecule has 0 radical (unpaired) electrons. The van der Waals surface area contributed by atoms with Crippen molar-refractivity contribution >= 4 is 17.7 Å². The summed E-state index contributed by atoms with van der Waals surface area (Å²) < 4.78 is 10.5.